The lowest BCUT2D eigenvalue weighted by Crippen LogP contribution is -2.09. The van der Waals surface area contributed by atoms with E-state index in [0.29, 0.717) is 6.61 Å². The molecular weight excluding hydrogens is 214 g/mol. The van der Waals surface area contributed by atoms with Crippen molar-refractivity contribution >= 4 is 5.69 Å². The lowest BCUT2D eigenvalue weighted by atomic mass is 10.3. The molecule has 4 heteroatoms. The molecule has 4 nitrogen and oxygen atoms in total. The molecule has 1 aromatic heterocycles. The Hall–Kier alpha value is -1.97. The van der Waals surface area contributed by atoms with Crippen molar-refractivity contribution in [3.8, 4) is 5.75 Å². The lowest BCUT2D eigenvalue weighted by molar-refractivity contribution is 0.298. The van der Waals surface area contributed by atoms with Gasteiger partial charge in [-0.1, -0.05) is 6.07 Å². The van der Waals surface area contributed by atoms with Gasteiger partial charge in [0.05, 0.1) is 12.9 Å². The van der Waals surface area contributed by atoms with Gasteiger partial charge in [-0.05, 0) is 12.1 Å². The fourth-order valence-corrected chi connectivity index (χ4v) is 1.54. The van der Waals surface area contributed by atoms with Crippen molar-refractivity contribution in [2.75, 3.05) is 25.6 Å². The highest BCUT2D eigenvalue weighted by atomic mass is 16.5. The van der Waals surface area contributed by atoms with E-state index in [-0.39, 0.29) is 0 Å². The number of rotatable bonds is 5. The first-order chi connectivity index (χ1) is 8.25. The van der Waals surface area contributed by atoms with Crippen molar-refractivity contribution in [3.63, 3.8) is 0 Å². The highest BCUT2D eigenvalue weighted by Gasteiger charge is 1.98. The van der Waals surface area contributed by atoms with Crippen LogP contribution in [-0.4, -0.2) is 30.3 Å². The van der Waals surface area contributed by atoms with Crippen LogP contribution in [-0.2, 0) is 6.54 Å². The smallest absolute Gasteiger partial charge is 0.121 e. The Balaban J connectivity index is 1.88. The Morgan fingerprint density at radius 3 is 2.94 bits per heavy atom. The third-order valence-electron chi connectivity index (χ3n) is 2.51. The van der Waals surface area contributed by atoms with Gasteiger partial charge in [-0.25, -0.2) is 4.98 Å². The van der Waals surface area contributed by atoms with Gasteiger partial charge in [-0.15, -0.1) is 0 Å². The van der Waals surface area contributed by atoms with Gasteiger partial charge in [0.2, 0.25) is 0 Å². The molecule has 0 atom stereocenters. The number of hydrogen-bond acceptors (Lipinski definition) is 3. The fraction of sp³-hybridized carbons (Fsp3) is 0.308. The summed E-state index contributed by atoms with van der Waals surface area (Å²) in [5.41, 5.74) is 1.14. The van der Waals surface area contributed by atoms with Crippen molar-refractivity contribution in [1.29, 1.82) is 0 Å². The number of ether oxygens (including phenoxy) is 1. The van der Waals surface area contributed by atoms with Crippen LogP contribution in [0.1, 0.15) is 0 Å². The van der Waals surface area contributed by atoms with Crippen LogP contribution in [0.5, 0.6) is 5.75 Å². The molecule has 0 unspecified atom stereocenters. The highest BCUT2D eigenvalue weighted by Crippen LogP contribution is 2.19. The number of imidazole rings is 1. The fourth-order valence-electron chi connectivity index (χ4n) is 1.54. The molecule has 0 saturated carbocycles. The first kappa shape index (κ1) is 11.5. The van der Waals surface area contributed by atoms with Crippen molar-refractivity contribution in [1.82, 2.24) is 9.55 Å². The molecule has 2 rings (SSSR count). The van der Waals surface area contributed by atoms with Crippen LogP contribution in [0.25, 0.3) is 0 Å². The zero-order chi connectivity index (χ0) is 12.1. The van der Waals surface area contributed by atoms with Gasteiger partial charge in [0, 0.05) is 38.2 Å². The van der Waals surface area contributed by atoms with E-state index in [1.54, 1.807) is 12.5 Å². The maximum Gasteiger partial charge on any atom is 0.121 e. The summed E-state index contributed by atoms with van der Waals surface area (Å²) >= 11 is 0. The minimum atomic E-state index is 0.646. The normalized spacial score (nSPS) is 10.2. The van der Waals surface area contributed by atoms with Crippen LogP contribution < -0.4 is 9.64 Å². The van der Waals surface area contributed by atoms with E-state index in [4.69, 9.17) is 4.74 Å². The molecule has 1 heterocycles. The maximum absolute atomic E-state index is 5.69. The molecule has 0 spiro atoms. The van der Waals surface area contributed by atoms with Crippen molar-refractivity contribution in [2.45, 2.75) is 6.54 Å². The Morgan fingerprint density at radius 2 is 2.24 bits per heavy atom. The van der Waals surface area contributed by atoms with Crippen LogP contribution >= 0.6 is 0 Å². The van der Waals surface area contributed by atoms with Crippen molar-refractivity contribution in [2.24, 2.45) is 0 Å². The molecule has 0 aliphatic heterocycles. The van der Waals surface area contributed by atoms with Gasteiger partial charge in [-0.2, -0.15) is 0 Å². The Bertz CT molecular complexity index is 451. The summed E-state index contributed by atoms with van der Waals surface area (Å²) in [6.45, 7) is 1.46. The Kier molecular flexibility index (Phi) is 3.65. The third kappa shape index (κ3) is 3.24. The minimum Gasteiger partial charge on any atom is -0.492 e. The van der Waals surface area contributed by atoms with E-state index in [1.165, 1.54) is 0 Å². The van der Waals surface area contributed by atoms with Crippen LogP contribution in [0.4, 0.5) is 5.69 Å². The summed E-state index contributed by atoms with van der Waals surface area (Å²) in [6.07, 6.45) is 5.49. The maximum atomic E-state index is 5.69. The molecule has 90 valence electrons. The van der Waals surface area contributed by atoms with E-state index in [2.05, 4.69) is 16.0 Å². The standard InChI is InChI=1S/C13H17N3O/c1-15(2)12-4-3-5-13(10-12)17-9-8-16-7-6-14-11-16/h3-7,10-11H,8-9H2,1-2H3. The molecule has 2 aromatic rings. The average Bonchev–Trinajstić information content (AvgIpc) is 2.82. The SMILES string of the molecule is CN(C)c1cccc(OCCn2ccnc2)c1. The third-order valence-corrected chi connectivity index (χ3v) is 2.51. The van der Waals surface area contributed by atoms with Crippen molar-refractivity contribution in [3.05, 3.63) is 43.0 Å². The van der Waals surface area contributed by atoms with E-state index in [1.807, 2.05) is 43.1 Å². The highest BCUT2D eigenvalue weighted by molar-refractivity contribution is 5.49. The van der Waals surface area contributed by atoms with Gasteiger partial charge >= 0.3 is 0 Å². The average molecular weight is 231 g/mol. The lowest BCUT2D eigenvalue weighted by Gasteiger charge is -2.14. The molecule has 17 heavy (non-hydrogen) atoms. The van der Waals surface area contributed by atoms with Crippen LogP contribution in [0.3, 0.4) is 0 Å². The van der Waals surface area contributed by atoms with E-state index in [0.717, 1.165) is 18.0 Å². The second-order valence-electron chi connectivity index (χ2n) is 4.04. The van der Waals surface area contributed by atoms with E-state index < -0.39 is 0 Å². The summed E-state index contributed by atoms with van der Waals surface area (Å²) in [4.78, 5) is 6.04. The second-order valence-corrected chi connectivity index (χ2v) is 4.04. The first-order valence-corrected chi connectivity index (χ1v) is 5.61. The predicted molar refractivity (Wildman–Crippen MR) is 68.5 cm³/mol. The first-order valence-electron chi connectivity index (χ1n) is 5.61. The van der Waals surface area contributed by atoms with Gasteiger partial charge in [-0.3, -0.25) is 0 Å². The molecule has 0 aliphatic carbocycles. The predicted octanol–water partition coefficient (Wildman–Crippen LogP) is 2.03. The molecule has 1 aromatic carbocycles. The molecule has 0 fully saturated rings. The molecular formula is C13H17N3O. The summed E-state index contributed by atoms with van der Waals surface area (Å²) in [5.74, 6) is 0.899. The van der Waals surface area contributed by atoms with Gasteiger partial charge in [0.25, 0.3) is 0 Å². The molecule has 0 radical (unpaired) electrons. The topological polar surface area (TPSA) is 30.3 Å². The molecule has 0 amide bonds. The zero-order valence-electron chi connectivity index (χ0n) is 10.2. The zero-order valence-corrected chi connectivity index (χ0v) is 10.2. The largest absolute Gasteiger partial charge is 0.492 e. The summed E-state index contributed by atoms with van der Waals surface area (Å²) < 4.78 is 7.69. The summed E-state index contributed by atoms with van der Waals surface area (Å²) in [5, 5.41) is 0. The number of nitrogens with zero attached hydrogens (tertiary/aromatic N) is 3. The summed E-state index contributed by atoms with van der Waals surface area (Å²) in [7, 11) is 4.04. The quantitative estimate of drug-likeness (QED) is 0.788. The number of hydrogen-bond donors (Lipinski definition) is 0. The summed E-state index contributed by atoms with van der Waals surface area (Å²) in [6, 6.07) is 8.07. The van der Waals surface area contributed by atoms with Gasteiger partial charge in [0.15, 0.2) is 0 Å². The minimum absolute atomic E-state index is 0.646. The van der Waals surface area contributed by atoms with Gasteiger partial charge in [0.1, 0.15) is 12.4 Å². The Labute approximate surface area is 101 Å². The molecule has 0 saturated heterocycles. The molecule has 0 N–H and O–H groups in total. The van der Waals surface area contributed by atoms with E-state index >= 15 is 0 Å². The molecule has 0 aliphatic rings. The van der Waals surface area contributed by atoms with Crippen molar-refractivity contribution < 1.29 is 4.74 Å². The number of benzene rings is 1. The van der Waals surface area contributed by atoms with Crippen LogP contribution in [0, 0.1) is 0 Å². The van der Waals surface area contributed by atoms with Gasteiger partial charge < -0.3 is 14.2 Å². The molecule has 0 bridgehead atoms. The Morgan fingerprint density at radius 1 is 1.35 bits per heavy atom. The second kappa shape index (κ2) is 5.39. The number of anilines is 1. The number of aromatic nitrogens is 2. The monoisotopic (exact) mass is 231 g/mol. The van der Waals surface area contributed by atoms with E-state index in [9.17, 15) is 0 Å². The van der Waals surface area contributed by atoms with Crippen LogP contribution in [0.2, 0.25) is 0 Å². The van der Waals surface area contributed by atoms with Crippen LogP contribution in [0.15, 0.2) is 43.0 Å².